The fourth-order valence-corrected chi connectivity index (χ4v) is 1.98. The Morgan fingerprint density at radius 3 is 2.63 bits per heavy atom. The molecule has 0 bridgehead atoms. The third kappa shape index (κ3) is 2.25. The lowest BCUT2D eigenvalue weighted by Crippen LogP contribution is -2.10. The van der Waals surface area contributed by atoms with Gasteiger partial charge in [-0.25, -0.2) is 9.78 Å². The summed E-state index contributed by atoms with van der Waals surface area (Å²) in [6.07, 6.45) is -3.42. The smallest absolute Gasteiger partial charge is 0.420 e. The van der Waals surface area contributed by atoms with E-state index in [4.69, 9.17) is 11.6 Å². The molecule has 2 aromatic heterocycles. The zero-order valence-electron chi connectivity index (χ0n) is 9.88. The van der Waals surface area contributed by atoms with Gasteiger partial charge < -0.3 is 4.74 Å². The molecule has 0 radical (unpaired) electrons. The van der Waals surface area contributed by atoms with Gasteiger partial charge in [-0.3, -0.25) is 4.40 Å². The highest BCUT2D eigenvalue weighted by Crippen LogP contribution is 2.34. The fourth-order valence-electron chi connectivity index (χ4n) is 1.78. The monoisotopic (exact) mass is 292 g/mol. The van der Waals surface area contributed by atoms with Crippen LogP contribution in [0.25, 0.3) is 5.65 Å². The second-order valence-electron chi connectivity index (χ2n) is 3.80. The van der Waals surface area contributed by atoms with Crippen molar-refractivity contribution in [2.24, 2.45) is 0 Å². The van der Waals surface area contributed by atoms with Crippen LogP contribution in [0.5, 0.6) is 0 Å². The topological polar surface area (TPSA) is 43.6 Å². The van der Waals surface area contributed by atoms with Gasteiger partial charge in [0.25, 0.3) is 0 Å². The summed E-state index contributed by atoms with van der Waals surface area (Å²) in [4.78, 5) is 15.3. The maximum absolute atomic E-state index is 12.9. The van der Waals surface area contributed by atoms with E-state index in [1.165, 1.54) is 13.1 Å². The second kappa shape index (κ2) is 4.41. The molecule has 4 nitrogen and oxygen atoms in total. The first-order valence-electron chi connectivity index (χ1n) is 5.09. The molecular formula is C11H8ClF3N2O2. The molecule has 0 fully saturated rings. The standard InChI is InChI=1S/C11H8ClF3N2O2/c1-5-8(10(18)19-2)17-4-6(12)3-7(9(17)16-5)11(13,14)15/h3-4H,1-2H3. The van der Waals surface area contributed by atoms with E-state index in [1.807, 2.05) is 0 Å². The Labute approximate surface area is 110 Å². The number of hydrogen-bond donors (Lipinski definition) is 0. The normalized spacial score (nSPS) is 11.9. The van der Waals surface area contributed by atoms with Gasteiger partial charge in [0.1, 0.15) is 11.2 Å². The number of alkyl halides is 3. The fraction of sp³-hybridized carbons (Fsp3) is 0.273. The highest BCUT2D eigenvalue weighted by molar-refractivity contribution is 6.30. The maximum Gasteiger partial charge on any atom is 0.420 e. The van der Waals surface area contributed by atoms with Crippen molar-refractivity contribution in [2.75, 3.05) is 7.11 Å². The summed E-state index contributed by atoms with van der Waals surface area (Å²) in [6.45, 7) is 1.42. The van der Waals surface area contributed by atoms with E-state index in [9.17, 15) is 18.0 Å². The minimum Gasteiger partial charge on any atom is -0.464 e. The van der Waals surface area contributed by atoms with Gasteiger partial charge in [-0.1, -0.05) is 11.6 Å². The Kier molecular flexibility index (Phi) is 3.17. The molecule has 0 saturated carbocycles. The number of esters is 1. The Morgan fingerprint density at radius 1 is 1.47 bits per heavy atom. The van der Waals surface area contributed by atoms with Crippen LogP contribution < -0.4 is 0 Å². The molecule has 0 atom stereocenters. The van der Waals surface area contributed by atoms with Crippen molar-refractivity contribution < 1.29 is 22.7 Å². The SMILES string of the molecule is COC(=O)c1c(C)nc2c(C(F)(F)F)cc(Cl)cn12. The molecule has 19 heavy (non-hydrogen) atoms. The Morgan fingerprint density at radius 2 is 2.11 bits per heavy atom. The van der Waals surface area contributed by atoms with Gasteiger partial charge in [-0.2, -0.15) is 13.2 Å². The molecular weight excluding hydrogens is 285 g/mol. The van der Waals surface area contributed by atoms with Crippen molar-refractivity contribution in [3.8, 4) is 0 Å². The summed E-state index contributed by atoms with van der Waals surface area (Å²) in [6, 6.07) is 0.768. The summed E-state index contributed by atoms with van der Waals surface area (Å²) >= 11 is 5.66. The van der Waals surface area contributed by atoms with E-state index in [1.54, 1.807) is 0 Å². The number of rotatable bonds is 1. The molecule has 2 aromatic rings. The van der Waals surface area contributed by atoms with Gasteiger partial charge in [0, 0.05) is 6.20 Å². The van der Waals surface area contributed by atoms with E-state index in [2.05, 4.69) is 9.72 Å². The number of aromatic nitrogens is 2. The van der Waals surface area contributed by atoms with Crippen LogP contribution in [-0.4, -0.2) is 22.5 Å². The number of aryl methyl sites for hydroxylation is 1. The average Bonchev–Trinajstić information content (AvgIpc) is 2.62. The molecule has 0 amide bonds. The molecule has 0 aromatic carbocycles. The summed E-state index contributed by atoms with van der Waals surface area (Å²) in [5.41, 5.74) is -1.32. The second-order valence-corrected chi connectivity index (χ2v) is 4.24. The molecule has 0 N–H and O–H groups in total. The minimum absolute atomic E-state index is 0.0782. The number of carbonyl (C=O) groups excluding carboxylic acids is 1. The number of fused-ring (bicyclic) bond motifs is 1. The van der Waals surface area contributed by atoms with E-state index in [0.29, 0.717) is 0 Å². The van der Waals surface area contributed by atoms with Crippen molar-refractivity contribution in [1.82, 2.24) is 9.38 Å². The Balaban J connectivity index is 2.86. The molecule has 0 aliphatic rings. The van der Waals surface area contributed by atoms with Crippen LogP contribution in [-0.2, 0) is 10.9 Å². The molecule has 2 heterocycles. The molecule has 102 valence electrons. The lowest BCUT2D eigenvalue weighted by molar-refractivity contribution is -0.136. The number of nitrogens with zero attached hydrogens (tertiary/aromatic N) is 2. The van der Waals surface area contributed by atoms with E-state index >= 15 is 0 Å². The quantitative estimate of drug-likeness (QED) is 0.759. The van der Waals surface area contributed by atoms with Gasteiger partial charge >= 0.3 is 12.1 Å². The number of halogens is 4. The first-order chi connectivity index (χ1) is 8.75. The van der Waals surface area contributed by atoms with Crippen molar-refractivity contribution in [2.45, 2.75) is 13.1 Å². The number of pyridine rings is 1. The lowest BCUT2D eigenvalue weighted by atomic mass is 10.2. The largest absolute Gasteiger partial charge is 0.464 e. The van der Waals surface area contributed by atoms with Gasteiger partial charge in [-0.05, 0) is 13.0 Å². The van der Waals surface area contributed by atoms with Crippen LogP contribution in [0.1, 0.15) is 21.7 Å². The van der Waals surface area contributed by atoms with Gasteiger partial charge in [0.2, 0.25) is 0 Å². The molecule has 0 spiro atoms. The first kappa shape index (κ1) is 13.7. The first-order valence-corrected chi connectivity index (χ1v) is 5.47. The number of hydrogen-bond acceptors (Lipinski definition) is 3. The molecule has 0 aliphatic carbocycles. The number of imidazole rings is 1. The lowest BCUT2D eigenvalue weighted by Gasteiger charge is -2.09. The predicted octanol–water partition coefficient (Wildman–Crippen LogP) is 3.10. The molecule has 2 rings (SSSR count). The van der Waals surface area contributed by atoms with Gasteiger partial charge in [-0.15, -0.1) is 0 Å². The van der Waals surface area contributed by atoms with Crippen LogP contribution >= 0.6 is 11.6 Å². The van der Waals surface area contributed by atoms with Crippen LogP contribution in [0.4, 0.5) is 13.2 Å². The van der Waals surface area contributed by atoms with Gasteiger partial charge in [0.15, 0.2) is 5.69 Å². The highest BCUT2D eigenvalue weighted by atomic mass is 35.5. The zero-order chi connectivity index (χ0) is 14.4. The van der Waals surface area contributed by atoms with Crippen LogP contribution in [0.15, 0.2) is 12.3 Å². The zero-order valence-corrected chi connectivity index (χ0v) is 10.6. The average molecular weight is 293 g/mol. The van der Waals surface area contributed by atoms with Crippen molar-refractivity contribution >= 4 is 23.2 Å². The summed E-state index contributed by atoms with van der Waals surface area (Å²) < 4.78 is 44.2. The highest BCUT2D eigenvalue weighted by Gasteiger charge is 2.35. The van der Waals surface area contributed by atoms with Gasteiger partial charge in [0.05, 0.1) is 17.8 Å². The Hall–Kier alpha value is -1.76. The third-order valence-electron chi connectivity index (χ3n) is 2.55. The van der Waals surface area contributed by atoms with Crippen molar-refractivity contribution in [3.05, 3.63) is 34.2 Å². The van der Waals surface area contributed by atoms with Crippen molar-refractivity contribution in [3.63, 3.8) is 0 Å². The van der Waals surface area contributed by atoms with E-state index in [-0.39, 0.29) is 22.1 Å². The summed E-state index contributed by atoms with van der Waals surface area (Å²) in [5, 5.41) is -0.151. The number of methoxy groups -OCH3 is 1. The summed E-state index contributed by atoms with van der Waals surface area (Å²) in [7, 11) is 1.14. The maximum atomic E-state index is 12.9. The minimum atomic E-state index is -4.61. The number of ether oxygens (including phenoxy) is 1. The summed E-state index contributed by atoms with van der Waals surface area (Å²) in [5.74, 6) is -0.777. The molecule has 0 aliphatic heterocycles. The molecule has 8 heteroatoms. The van der Waals surface area contributed by atoms with Crippen molar-refractivity contribution in [1.29, 1.82) is 0 Å². The molecule has 0 saturated heterocycles. The van der Waals surface area contributed by atoms with Crippen LogP contribution in [0.3, 0.4) is 0 Å². The third-order valence-corrected chi connectivity index (χ3v) is 2.75. The molecule has 0 unspecified atom stereocenters. The van der Waals surface area contributed by atoms with E-state index < -0.39 is 17.7 Å². The van der Waals surface area contributed by atoms with E-state index in [0.717, 1.165) is 17.6 Å². The predicted molar refractivity (Wildman–Crippen MR) is 61.3 cm³/mol. The van der Waals surface area contributed by atoms with Crippen LogP contribution in [0.2, 0.25) is 5.02 Å². The van der Waals surface area contributed by atoms with Crippen LogP contribution in [0, 0.1) is 6.92 Å². The Bertz CT molecular complexity index is 664. The number of carbonyl (C=O) groups is 1.